The molecule has 7 heteroatoms. The van der Waals surface area contributed by atoms with Gasteiger partial charge in [-0.15, -0.1) is 16.8 Å². The summed E-state index contributed by atoms with van der Waals surface area (Å²) in [6.45, 7) is 6.07. The van der Waals surface area contributed by atoms with E-state index in [2.05, 4.69) is 27.0 Å². The van der Waals surface area contributed by atoms with Crippen LogP contribution in [0.3, 0.4) is 0 Å². The van der Waals surface area contributed by atoms with Crippen LogP contribution in [0.4, 0.5) is 0 Å². The van der Waals surface area contributed by atoms with Crippen molar-refractivity contribution < 1.29 is 0 Å². The fourth-order valence-corrected chi connectivity index (χ4v) is 2.14. The Balaban J connectivity index is 2.17. The number of hydrogen-bond acceptors (Lipinski definition) is 5. The van der Waals surface area contributed by atoms with Gasteiger partial charge in [-0.2, -0.15) is 4.80 Å². The molecule has 0 aliphatic rings. The first-order chi connectivity index (χ1) is 10.2. The Kier molecular flexibility index (Phi) is 3.31. The van der Waals surface area contributed by atoms with Crippen molar-refractivity contribution in [2.45, 2.75) is 19.9 Å². The standard InChI is InChI=1S/C14H14N6O/c1-3-7-20-17-12(16-18-20)11-9-15-13-10(4-2)6-5-8-19(13)14(11)21/h3,5-6,8-9H,1,4,7H2,2H3. The lowest BCUT2D eigenvalue weighted by molar-refractivity contribution is 0.583. The molecule has 0 fully saturated rings. The van der Waals surface area contributed by atoms with E-state index in [0.29, 0.717) is 17.8 Å². The normalized spacial score (nSPS) is 10.9. The average molecular weight is 282 g/mol. The third kappa shape index (κ3) is 2.22. The quantitative estimate of drug-likeness (QED) is 0.669. The van der Waals surface area contributed by atoms with E-state index in [0.717, 1.165) is 12.0 Å². The number of hydrogen-bond donors (Lipinski definition) is 0. The van der Waals surface area contributed by atoms with Crippen LogP contribution in [0.5, 0.6) is 0 Å². The number of aryl methyl sites for hydroxylation is 1. The summed E-state index contributed by atoms with van der Waals surface area (Å²) in [5, 5.41) is 11.9. The van der Waals surface area contributed by atoms with E-state index < -0.39 is 0 Å². The Morgan fingerprint density at radius 2 is 2.29 bits per heavy atom. The molecule has 3 aromatic rings. The van der Waals surface area contributed by atoms with E-state index in [9.17, 15) is 4.79 Å². The Labute approximate surface area is 120 Å². The van der Waals surface area contributed by atoms with Crippen molar-refractivity contribution in [1.29, 1.82) is 0 Å². The summed E-state index contributed by atoms with van der Waals surface area (Å²) in [7, 11) is 0. The van der Waals surface area contributed by atoms with Crippen molar-refractivity contribution in [2.24, 2.45) is 0 Å². The molecule has 0 aromatic carbocycles. The van der Waals surface area contributed by atoms with Crippen LogP contribution in [0.1, 0.15) is 12.5 Å². The lowest BCUT2D eigenvalue weighted by Gasteiger charge is -2.05. The Morgan fingerprint density at radius 3 is 3.05 bits per heavy atom. The van der Waals surface area contributed by atoms with Crippen molar-refractivity contribution in [3.63, 3.8) is 0 Å². The number of tetrazole rings is 1. The smallest absolute Gasteiger partial charge is 0.268 e. The molecular formula is C14H14N6O. The number of nitrogens with zero attached hydrogens (tertiary/aromatic N) is 6. The predicted molar refractivity (Wildman–Crippen MR) is 77.8 cm³/mol. The van der Waals surface area contributed by atoms with Gasteiger partial charge in [-0.3, -0.25) is 9.20 Å². The second-order valence-corrected chi connectivity index (χ2v) is 4.51. The van der Waals surface area contributed by atoms with E-state index in [4.69, 9.17) is 0 Å². The second-order valence-electron chi connectivity index (χ2n) is 4.51. The molecule has 0 bridgehead atoms. The topological polar surface area (TPSA) is 78.0 Å². The van der Waals surface area contributed by atoms with Crippen LogP contribution < -0.4 is 5.56 Å². The Hall–Kier alpha value is -2.83. The fourth-order valence-electron chi connectivity index (χ4n) is 2.14. The minimum Gasteiger partial charge on any atom is -0.268 e. The molecule has 21 heavy (non-hydrogen) atoms. The van der Waals surface area contributed by atoms with Gasteiger partial charge in [-0.25, -0.2) is 4.98 Å². The van der Waals surface area contributed by atoms with Gasteiger partial charge in [0, 0.05) is 12.4 Å². The zero-order valence-corrected chi connectivity index (χ0v) is 11.6. The minimum absolute atomic E-state index is 0.201. The Bertz CT molecular complexity index is 863. The summed E-state index contributed by atoms with van der Waals surface area (Å²) in [5.74, 6) is 0.269. The molecule has 3 rings (SSSR count). The number of allylic oxidation sites excluding steroid dienone is 1. The zero-order valence-electron chi connectivity index (χ0n) is 11.6. The number of fused-ring (bicyclic) bond motifs is 1. The van der Waals surface area contributed by atoms with Crippen LogP contribution in [0.2, 0.25) is 0 Å². The van der Waals surface area contributed by atoms with Gasteiger partial charge < -0.3 is 0 Å². The molecule has 7 nitrogen and oxygen atoms in total. The van der Waals surface area contributed by atoms with Gasteiger partial charge in [-0.05, 0) is 23.3 Å². The number of rotatable bonds is 4. The fraction of sp³-hybridized carbons (Fsp3) is 0.214. The summed E-state index contributed by atoms with van der Waals surface area (Å²) in [6, 6.07) is 3.79. The minimum atomic E-state index is -0.201. The molecule has 0 radical (unpaired) electrons. The number of pyridine rings is 1. The highest BCUT2D eigenvalue weighted by molar-refractivity contribution is 5.56. The SMILES string of the molecule is C=CCn1nnc(-c2cnc3c(CC)cccn3c2=O)n1. The molecular weight excluding hydrogens is 268 g/mol. The molecule has 0 saturated heterocycles. The first-order valence-electron chi connectivity index (χ1n) is 6.63. The van der Waals surface area contributed by atoms with E-state index in [-0.39, 0.29) is 11.4 Å². The highest BCUT2D eigenvalue weighted by Gasteiger charge is 2.13. The van der Waals surface area contributed by atoms with Crippen LogP contribution in [0.25, 0.3) is 17.0 Å². The molecule has 0 amide bonds. The van der Waals surface area contributed by atoms with E-state index in [1.165, 1.54) is 15.4 Å². The zero-order chi connectivity index (χ0) is 14.8. The lowest BCUT2D eigenvalue weighted by Crippen LogP contribution is -2.18. The molecule has 0 atom stereocenters. The molecule has 3 heterocycles. The summed E-state index contributed by atoms with van der Waals surface area (Å²) in [4.78, 5) is 18.3. The van der Waals surface area contributed by atoms with Gasteiger partial charge in [-0.1, -0.05) is 19.1 Å². The number of aromatic nitrogens is 6. The van der Waals surface area contributed by atoms with Gasteiger partial charge in [0.05, 0.1) is 6.54 Å². The van der Waals surface area contributed by atoms with Gasteiger partial charge in [0.25, 0.3) is 5.56 Å². The van der Waals surface area contributed by atoms with Crippen molar-refractivity contribution >= 4 is 5.65 Å². The highest BCUT2D eigenvalue weighted by atomic mass is 16.1. The van der Waals surface area contributed by atoms with Gasteiger partial charge in [0.15, 0.2) is 0 Å². The largest absolute Gasteiger partial charge is 0.269 e. The van der Waals surface area contributed by atoms with Gasteiger partial charge >= 0.3 is 0 Å². The van der Waals surface area contributed by atoms with E-state index >= 15 is 0 Å². The summed E-state index contributed by atoms with van der Waals surface area (Å²) < 4.78 is 1.52. The molecule has 106 valence electrons. The van der Waals surface area contributed by atoms with Gasteiger partial charge in [0.2, 0.25) is 5.82 Å². The monoisotopic (exact) mass is 282 g/mol. The molecule has 0 spiro atoms. The highest BCUT2D eigenvalue weighted by Crippen LogP contribution is 2.11. The summed E-state index contributed by atoms with van der Waals surface area (Å²) >= 11 is 0. The third-order valence-electron chi connectivity index (χ3n) is 3.18. The van der Waals surface area contributed by atoms with Crippen molar-refractivity contribution in [1.82, 2.24) is 29.6 Å². The molecule has 0 unspecified atom stereocenters. The van der Waals surface area contributed by atoms with Gasteiger partial charge in [0.1, 0.15) is 11.2 Å². The second kappa shape index (κ2) is 5.28. The van der Waals surface area contributed by atoms with Crippen LogP contribution in [0.15, 0.2) is 42.0 Å². The van der Waals surface area contributed by atoms with Crippen LogP contribution >= 0.6 is 0 Å². The third-order valence-corrected chi connectivity index (χ3v) is 3.18. The summed E-state index contributed by atoms with van der Waals surface area (Å²) in [5.41, 5.74) is 1.81. The first kappa shape index (κ1) is 13.2. The molecule has 0 aliphatic carbocycles. The molecule has 0 aliphatic heterocycles. The average Bonchev–Trinajstić information content (AvgIpc) is 2.96. The lowest BCUT2D eigenvalue weighted by atomic mass is 10.2. The maximum absolute atomic E-state index is 12.5. The summed E-state index contributed by atoms with van der Waals surface area (Å²) in [6.07, 6.45) is 5.67. The first-order valence-corrected chi connectivity index (χ1v) is 6.63. The molecule has 0 saturated carbocycles. The van der Waals surface area contributed by atoms with Crippen LogP contribution in [0, 0.1) is 0 Å². The van der Waals surface area contributed by atoms with E-state index in [1.807, 2.05) is 19.1 Å². The molecule has 0 N–H and O–H groups in total. The maximum atomic E-state index is 12.5. The predicted octanol–water partition coefficient (Wildman–Crippen LogP) is 1.10. The van der Waals surface area contributed by atoms with E-state index in [1.54, 1.807) is 12.3 Å². The Morgan fingerprint density at radius 1 is 1.43 bits per heavy atom. The maximum Gasteiger partial charge on any atom is 0.269 e. The van der Waals surface area contributed by atoms with Crippen LogP contribution in [-0.2, 0) is 13.0 Å². The molecule has 3 aromatic heterocycles. The van der Waals surface area contributed by atoms with Crippen LogP contribution in [-0.4, -0.2) is 29.6 Å². The van der Waals surface area contributed by atoms with Crippen molar-refractivity contribution in [3.05, 3.63) is 53.1 Å². The van der Waals surface area contributed by atoms with Crippen molar-refractivity contribution in [2.75, 3.05) is 0 Å². The van der Waals surface area contributed by atoms with Crippen molar-refractivity contribution in [3.8, 4) is 11.4 Å².